The summed E-state index contributed by atoms with van der Waals surface area (Å²) in [6.45, 7) is 0. The third-order valence-corrected chi connectivity index (χ3v) is 3.74. The van der Waals surface area contributed by atoms with Crippen LogP contribution in [0.2, 0.25) is 0 Å². The van der Waals surface area contributed by atoms with Crippen LogP contribution in [0.1, 0.15) is 0 Å². The van der Waals surface area contributed by atoms with Crippen molar-refractivity contribution in [2.75, 3.05) is 4.72 Å². The van der Waals surface area contributed by atoms with Crippen molar-refractivity contribution in [2.24, 2.45) is 0 Å². The van der Waals surface area contributed by atoms with E-state index in [9.17, 15) is 16.8 Å². The zero-order valence-corrected chi connectivity index (χ0v) is 10.9. The molecule has 0 atom stereocenters. The van der Waals surface area contributed by atoms with Gasteiger partial charge in [-0.15, -0.1) is 0 Å². The molecular weight excluding hydrogens is 294 g/mol. The van der Waals surface area contributed by atoms with E-state index in [1.54, 1.807) is 22.9 Å². The predicted octanol–water partition coefficient (Wildman–Crippen LogP) is 1.30. The van der Waals surface area contributed by atoms with Crippen LogP contribution in [-0.2, 0) is 20.4 Å². The van der Waals surface area contributed by atoms with Gasteiger partial charge in [0.2, 0.25) is 0 Å². The fourth-order valence-electron chi connectivity index (χ4n) is 1.70. The van der Waals surface area contributed by atoms with Crippen molar-refractivity contribution in [1.29, 1.82) is 0 Å². The maximum absolute atomic E-state index is 11.3. The number of rotatable bonds is 3. The van der Waals surface area contributed by atoms with E-state index >= 15 is 0 Å². The van der Waals surface area contributed by atoms with E-state index in [0.717, 1.165) is 6.07 Å². The third kappa shape index (κ3) is 3.20. The lowest BCUT2D eigenvalue weighted by Gasteiger charge is -2.08. The number of benzene rings is 2. The van der Waals surface area contributed by atoms with Crippen LogP contribution in [0, 0.1) is 0 Å². The minimum absolute atomic E-state index is 0.172. The Kier molecular flexibility index (Phi) is 3.22. The molecule has 7 nitrogen and oxygen atoms in total. The van der Waals surface area contributed by atoms with Gasteiger partial charge in [-0.1, -0.05) is 24.3 Å². The lowest BCUT2D eigenvalue weighted by molar-refractivity contribution is 0.482. The number of fused-ring (bicyclic) bond motifs is 1. The largest absolute Gasteiger partial charge is 0.357 e. The Balaban J connectivity index is 2.78. The van der Waals surface area contributed by atoms with Crippen LogP contribution in [-0.4, -0.2) is 25.9 Å². The summed E-state index contributed by atoms with van der Waals surface area (Å²) >= 11 is 0. The van der Waals surface area contributed by atoms with E-state index in [-0.39, 0.29) is 11.1 Å². The quantitative estimate of drug-likeness (QED) is 0.735. The monoisotopic (exact) mass is 303 g/mol. The summed E-state index contributed by atoms with van der Waals surface area (Å²) in [5.41, 5.74) is -0.172. The SMILES string of the molecule is O=S(=O)(O)Nc1cc(S(=O)(=O)O)c2ccccc2c1. The number of hydrogen-bond donors (Lipinski definition) is 3. The molecule has 3 N–H and O–H groups in total. The molecule has 0 bridgehead atoms. The summed E-state index contributed by atoms with van der Waals surface area (Å²) in [6.07, 6.45) is 0. The van der Waals surface area contributed by atoms with Gasteiger partial charge in [0.1, 0.15) is 4.90 Å². The second-order valence-electron chi connectivity index (χ2n) is 3.75. The summed E-state index contributed by atoms with van der Waals surface area (Å²) < 4.78 is 63.6. The van der Waals surface area contributed by atoms with E-state index in [1.165, 1.54) is 12.1 Å². The Hall–Kier alpha value is -1.68. The molecule has 102 valence electrons. The Morgan fingerprint density at radius 3 is 2.16 bits per heavy atom. The summed E-state index contributed by atoms with van der Waals surface area (Å²) in [6, 6.07) is 8.46. The molecule has 0 fully saturated rings. The van der Waals surface area contributed by atoms with Gasteiger partial charge in [0.25, 0.3) is 10.1 Å². The van der Waals surface area contributed by atoms with Gasteiger partial charge < -0.3 is 0 Å². The van der Waals surface area contributed by atoms with E-state index < -0.39 is 25.3 Å². The normalized spacial score (nSPS) is 12.5. The van der Waals surface area contributed by atoms with Crippen LogP contribution in [0.25, 0.3) is 10.8 Å². The minimum atomic E-state index is -4.53. The summed E-state index contributed by atoms with van der Waals surface area (Å²) in [7, 11) is -9.06. The van der Waals surface area contributed by atoms with Gasteiger partial charge in [0.15, 0.2) is 0 Å². The Labute approximate surface area is 109 Å². The number of anilines is 1. The maximum Gasteiger partial charge on any atom is 0.357 e. The van der Waals surface area contributed by atoms with Crippen molar-refractivity contribution in [3.05, 3.63) is 36.4 Å². The second-order valence-corrected chi connectivity index (χ2v) is 6.29. The van der Waals surface area contributed by atoms with Gasteiger partial charge in [-0.2, -0.15) is 16.8 Å². The van der Waals surface area contributed by atoms with Crippen molar-refractivity contribution in [2.45, 2.75) is 4.90 Å². The first-order valence-electron chi connectivity index (χ1n) is 4.92. The highest BCUT2D eigenvalue weighted by Crippen LogP contribution is 2.27. The Morgan fingerprint density at radius 2 is 1.58 bits per heavy atom. The standard InChI is InChI=1S/C10H9NO6S2/c12-18(13,14)10-6-8(11-19(15,16)17)5-7-3-1-2-4-9(7)10/h1-6,11H,(H,12,13,14)(H,15,16,17). The molecule has 2 aromatic carbocycles. The lowest BCUT2D eigenvalue weighted by Crippen LogP contribution is -2.11. The molecule has 0 aliphatic heterocycles. The van der Waals surface area contributed by atoms with Crippen molar-refractivity contribution in [3.63, 3.8) is 0 Å². The Morgan fingerprint density at radius 1 is 0.947 bits per heavy atom. The fourth-order valence-corrected chi connectivity index (χ4v) is 2.85. The highest BCUT2D eigenvalue weighted by Gasteiger charge is 2.16. The average molecular weight is 303 g/mol. The summed E-state index contributed by atoms with van der Waals surface area (Å²) in [5.74, 6) is 0. The fraction of sp³-hybridized carbons (Fsp3) is 0. The van der Waals surface area contributed by atoms with Crippen LogP contribution < -0.4 is 4.72 Å². The van der Waals surface area contributed by atoms with Crippen molar-refractivity contribution < 1.29 is 25.9 Å². The first-order valence-corrected chi connectivity index (χ1v) is 7.80. The smallest absolute Gasteiger partial charge is 0.282 e. The molecule has 0 aromatic heterocycles. The molecule has 19 heavy (non-hydrogen) atoms. The van der Waals surface area contributed by atoms with E-state index in [1.807, 2.05) is 0 Å². The molecule has 0 unspecified atom stereocenters. The van der Waals surface area contributed by atoms with E-state index in [2.05, 4.69) is 0 Å². The first-order chi connectivity index (χ1) is 8.67. The molecule has 2 rings (SSSR count). The molecule has 9 heteroatoms. The second kappa shape index (κ2) is 4.46. The van der Waals surface area contributed by atoms with Gasteiger partial charge in [0, 0.05) is 5.39 Å². The van der Waals surface area contributed by atoms with Gasteiger partial charge in [-0.25, -0.2) is 0 Å². The van der Waals surface area contributed by atoms with Crippen molar-refractivity contribution in [1.82, 2.24) is 0 Å². The first kappa shape index (κ1) is 13.7. The highest BCUT2D eigenvalue weighted by atomic mass is 32.2. The topological polar surface area (TPSA) is 121 Å². The molecule has 0 radical (unpaired) electrons. The van der Waals surface area contributed by atoms with Gasteiger partial charge in [-0.3, -0.25) is 13.8 Å². The number of hydrogen-bond acceptors (Lipinski definition) is 4. The molecule has 0 spiro atoms. The molecule has 0 amide bonds. The van der Waals surface area contributed by atoms with Crippen LogP contribution in [0.5, 0.6) is 0 Å². The highest BCUT2D eigenvalue weighted by molar-refractivity contribution is 7.87. The minimum Gasteiger partial charge on any atom is -0.282 e. The zero-order chi connectivity index (χ0) is 14.3. The van der Waals surface area contributed by atoms with Crippen molar-refractivity contribution >= 4 is 36.9 Å². The van der Waals surface area contributed by atoms with Gasteiger partial charge in [0.05, 0.1) is 5.69 Å². The molecule has 0 aliphatic carbocycles. The zero-order valence-electron chi connectivity index (χ0n) is 9.31. The molecule has 0 saturated carbocycles. The van der Waals surface area contributed by atoms with Crippen LogP contribution in [0.15, 0.2) is 41.3 Å². The summed E-state index contributed by atoms with van der Waals surface area (Å²) in [5, 5.41) is 0.634. The van der Waals surface area contributed by atoms with Crippen LogP contribution in [0.3, 0.4) is 0 Å². The molecule has 0 aliphatic rings. The van der Waals surface area contributed by atoms with Crippen LogP contribution >= 0.6 is 0 Å². The predicted molar refractivity (Wildman–Crippen MR) is 68.9 cm³/mol. The Bertz CT molecular complexity index is 841. The van der Waals surface area contributed by atoms with Gasteiger partial charge in [-0.05, 0) is 17.5 Å². The third-order valence-electron chi connectivity index (χ3n) is 2.35. The molecular formula is C10H9NO6S2. The average Bonchev–Trinajstić information content (AvgIpc) is 2.24. The van der Waals surface area contributed by atoms with Crippen LogP contribution in [0.4, 0.5) is 5.69 Å². The van der Waals surface area contributed by atoms with Gasteiger partial charge >= 0.3 is 10.3 Å². The molecule has 2 aromatic rings. The molecule has 0 saturated heterocycles. The lowest BCUT2D eigenvalue weighted by atomic mass is 10.1. The van der Waals surface area contributed by atoms with E-state index in [0.29, 0.717) is 5.39 Å². The molecule has 0 heterocycles. The van der Waals surface area contributed by atoms with Crippen molar-refractivity contribution in [3.8, 4) is 0 Å². The maximum atomic E-state index is 11.3. The van der Waals surface area contributed by atoms with E-state index in [4.69, 9.17) is 9.11 Å². The summed E-state index contributed by atoms with van der Waals surface area (Å²) in [4.78, 5) is -0.447. The number of nitrogens with one attached hydrogen (secondary N) is 1.